The van der Waals surface area contributed by atoms with Gasteiger partial charge in [0.15, 0.2) is 0 Å². The van der Waals surface area contributed by atoms with Gasteiger partial charge in [-0.3, -0.25) is 4.79 Å². The Morgan fingerprint density at radius 2 is 2.33 bits per heavy atom. The van der Waals surface area contributed by atoms with Gasteiger partial charge in [-0.15, -0.1) is 11.3 Å². The highest BCUT2D eigenvalue weighted by Gasteiger charge is 2.34. The molecule has 0 aliphatic carbocycles. The monoisotopic (exact) mass is 247 g/mol. The molecule has 0 aromatic carbocycles. The quantitative estimate of drug-likeness (QED) is 0.859. The minimum absolute atomic E-state index is 0.0154. The third-order valence-electron chi connectivity index (χ3n) is 2.66. The van der Waals surface area contributed by atoms with Gasteiger partial charge in [0.05, 0.1) is 10.8 Å². The summed E-state index contributed by atoms with van der Waals surface area (Å²) in [6.45, 7) is 3.67. The molecular weight excluding hydrogens is 234 g/mol. The van der Waals surface area contributed by atoms with E-state index in [1.807, 2.05) is 19.9 Å². The Labute approximate surface area is 97.9 Å². The Morgan fingerprint density at radius 1 is 1.73 bits per heavy atom. The molecule has 0 bridgehead atoms. The molecule has 5 heteroatoms. The number of hydrogen-bond acceptors (Lipinski definition) is 3. The van der Waals surface area contributed by atoms with Crippen molar-refractivity contribution in [2.75, 3.05) is 0 Å². The van der Waals surface area contributed by atoms with Crippen LogP contribution in [0.4, 0.5) is 0 Å². The van der Waals surface area contributed by atoms with E-state index in [1.165, 1.54) is 11.3 Å². The molecule has 1 heterocycles. The summed E-state index contributed by atoms with van der Waals surface area (Å²) in [5, 5.41) is 8.88. The summed E-state index contributed by atoms with van der Waals surface area (Å²) in [5.74, 6) is -0.848. The Morgan fingerprint density at radius 3 is 2.67 bits per heavy atom. The second-order valence-corrected chi connectivity index (χ2v) is 5.60. The summed E-state index contributed by atoms with van der Waals surface area (Å²) in [4.78, 5) is 11.7. The van der Waals surface area contributed by atoms with Gasteiger partial charge in [0.25, 0.3) is 0 Å². The molecule has 84 valence electrons. The van der Waals surface area contributed by atoms with Crippen molar-refractivity contribution in [2.45, 2.75) is 31.7 Å². The Hall–Kier alpha value is -0.580. The van der Waals surface area contributed by atoms with E-state index in [4.69, 9.17) is 22.4 Å². The standard InChI is InChI=1S/C10H14ClNO2S/c1-6(12)10(2,5-9(13)14)7-3-4-8(11)15-7/h3-4,6H,5,12H2,1-2H3,(H,13,14). The Bertz CT molecular complexity index is 364. The number of halogens is 1. The van der Waals surface area contributed by atoms with Crippen molar-refractivity contribution in [2.24, 2.45) is 5.73 Å². The molecule has 1 aromatic heterocycles. The van der Waals surface area contributed by atoms with Crippen LogP contribution in [0.5, 0.6) is 0 Å². The zero-order valence-electron chi connectivity index (χ0n) is 8.66. The van der Waals surface area contributed by atoms with Crippen LogP contribution < -0.4 is 5.73 Å². The van der Waals surface area contributed by atoms with Crippen LogP contribution in [-0.4, -0.2) is 17.1 Å². The topological polar surface area (TPSA) is 63.3 Å². The zero-order chi connectivity index (χ0) is 11.6. The number of carboxylic acids is 1. The van der Waals surface area contributed by atoms with Crippen LogP contribution in [0.1, 0.15) is 25.1 Å². The summed E-state index contributed by atoms with van der Waals surface area (Å²) in [6.07, 6.45) is 0.0154. The van der Waals surface area contributed by atoms with Crippen molar-refractivity contribution in [3.05, 3.63) is 21.3 Å². The smallest absolute Gasteiger partial charge is 0.304 e. The first-order valence-corrected chi connectivity index (χ1v) is 5.79. The van der Waals surface area contributed by atoms with Crippen molar-refractivity contribution >= 4 is 28.9 Å². The molecular formula is C10H14ClNO2S. The van der Waals surface area contributed by atoms with Crippen molar-refractivity contribution in [3.63, 3.8) is 0 Å². The van der Waals surface area contributed by atoms with Crippen LogP contribution in [0.3, 0.4) is 0 Å². The molecule has 1 rings (SSSR count). The van der Waals surface area contributed by atoms with E-state index >= 15 is 0 Å². The molecule has 2 atom stereocenters. The number of hydrogen-bond donors (Lipinski definition) is 2. The predicted molar refractivity (Wildman–Crippen MR) is 62.6 cm³/mol. The van der Waals surface area contributed by atoms with Crippen LogP contribution in [0.15, 0.2) is 12.1 Å². The minimum atomic E-state index is -0.848. The number of carboxylic acid groups (broad SMARTS) is 1. The predicted octanol–water partition coefficient (Wildman–Crippen LogP) is 2.48. The van der Waals surface area contributed by atoms with E-state index in [1.54, 1.807) is 6.07 Å². The largest absolute Gasteiger partial charge is 0.481 e. The second-order valence-electron chi connectivity index (χ2n) is 3.88. The van der Waals surface area contributed by atoms with Gasteiger partial charge >= 0.3 is 5.97 Å². The average Bonchev–Trinajstić information content (AvgIpc) is 2.50. The molecule has 0 radical (unpaired) electrons. The fourth-order valence-electron chi connectivity index (χ4n) is 1.41. The number of nitrogens with two attached hydrogens (primary N) is 1. The summed E-state index contributed by atoms with van der Waals surface area (Å²) >= 11 is 7.23. The number of thiophene rings is 1. The number of carbonyl (C=O) groups is 1. The Kier molecular flexibility index (Phi) is 3.76. The van der Waals surface area contributed by atoms with E-state index in [0.29, 0.717) is 4.34 Å². The van der Waals surface area contributed by atoms with Crippen molar-refractivity contribution < 1.29 is 9.90 Å². The summed E-state index contributed by atoms with van der Waals surface area (Å²) in [6, 6.07) is 3.38. The van der Waals surface area contributed by atoms with Crippen LogP contribution in [0, 0.1) is 0 Å². The first-order chi connectivity index (χ1) is 6.86. The summed E-state index contributed by atoms with van der Waals surface area (Å²) < 4.78 is 0.655. The molecule has 3 nitrogen and oxygen atoms in total. The lowest BCUT2D eigenvalue weighted by Crippen LogP contribution is -2.42. The molecule has 0 fully saturated rings. The number of aliphatic carboxylic acids is 1. The van der Waals surface area contributed by atoms with Gasteiger partial charge in [0.2, 0.25) is 0 Å². The molecule has 0 aliphatic heterocycles. The van der Waals surface area contributed by atoms with E-state index in [0.717, 1.165) is 4.88 Å². The van der Waals surface area contributed by atoms with Gasteiger partial charge in [0.1, 0.15) is 0 Å². The van der Waals surface area contributed by atoms with Gasteiger partial charge < -0.3 is 10.8 Å². The van der Waals surface area contributed by atoms with Crippen LogP contribution in [0.2, 0.25) is 4.34 Å². The first-order valence-electron chi connectivity index (χ1n) is 4.59. The molecule has 3 N–H and O–H groups in total. The van der Waals surface area contributed by atoms with Gasteiger partial charge in [-0.2, -0.15) is 0 Å². The number of rotatable bonds is 4. The first kappa shape index (κ1) is 12.5. The average molecular weight is 248 g/mol. The van der Waals surface area contributed by atoms with Crippen molar-refractivity contribution in [1.29, 1.82) is 0 Å². The lowest BCUT2D eigenvalue weighted by Gasteiger charge is -2.30. The van der Waals surface area contributed by atoms with Crippen molar-refractivity contribution in [3.8, 4) is 0 Å². The SMILES string of the molecule is CC(N)C(C)(CC(=O)O)c1ccc(Cl)s1. The maximum Gasteiger partial charge on any atom is 0.304 e. The fraction of sp³-hybridized carbons (Fsp3) is 0.500. The van der Waals surface area contributed by atoms with Crippen LogP contribution >= 0.6 is 22.9 Å². The van der Waals surface area contributed by atoms with E-state index in [2.05, 4.69) is 0 Å². The molecule has 15 heavy (non-hydrogen) atoms. The van der Waals surface area contributed by atoms with Gasteiger partial charge in [-0.05, 0) is 19.1 Å². The maximum absolute atomic E-state index is 10.8. The normalized spacial score (nSPS) is 17.1. The molecule has 0 aliphatic rings. The lowest BCUT2D eigenvalue weighted by atomic mass is 9.79. The molecule has 0 saturated carbocycles. The molecule has 0 spiro atoms. The molecule has 0 amide bonds. The zero-order valence-corrected chi connectivity index (χ0v) is 10.2. The van der Waals surface area contributed by atoms with E-state index < -0.39 is 11.4 Å². The van der Waals surface area contributed by atoms with E-state index in [9.17, 15) is 4.79 Å². The minimum Gasteiger partial charge on any atom is -0.481 e. The van der Waals surface area contributed by atoms with Gasteiger partial charge in [-0.25, -0.2) is 0 Å². The lowest BCUT2D eigenvalue weighted by molar-refractivity contribution is -0.138. The highest BCUT2D eigenvalue weighted by Crippen LogP contribution is 2.37. The van der Waals surface area contributed by atoms with Crippen molar-refractivity contribution in [1.82, 2.24) is 0 Å². The van der Waals surface area contributed by atoms with Gasteiger partial charge in [0, 0.05) is 16.3 Å². The highest BCUT2D eigenvalue weighted by atomic mass is 35.5. The molecule has 0 saturated heterocycles. The summed E-state index contributed by atoms with van der Waals surface area (Å²) in [5.41, 5.74) is 5.31. The fourth-order valence-corrected chi connectivity index (χ4v) is 2.69. The second kappa shape index (κ2) is 4.51. The highest BCUT2D eigenvalue weighted by molar-refractivity contribution is 7.16. The molecule has 1 aromatic rings. The van der Waals surface area contributed by atoms with Crippen LogP contribution in [0.25, 0.3) is 0 Å². The van der Waals surface area contributed by atoms with Crippen LogP contribution in [-0.2, 0) is 10.2 Å². The third-order valence-corrected chi connectivity index (χ3v) is 4.17. The molecule has 2 unspecified atom stereocenters. The summed E-state index contributed by atoms with van der Waals surface area (Å²) in [7, 11) is 0. The Balaban J connectivity index is 3.06. The third kappa shape index (κ3) is 2.71. The maximum atomic E-state index is 10.8. The van der Waals surface area contributed by atoms with E-state index in [-0.39, 0.29) is 12.5 Å². The van der Waals surface area contributed by atoms with Gasteiger partial charge in [-0.1, -0.05) is 18.5 Å².